The van der Waals surface area contributed by atoms with E-state index in [4.69, 9.17) is 4.74 Å². The maximum Gasteiger partial charge on any atom is 0.266 e. The molecular weight excluding hydrogens is 484 g/mol. The number of hydrogen-bond donors (Lipinski definition) is 1. The van der Waals surface area contributed by atoms with Gasteiger partial charge in [-0.25, -0.2) is 13.4 Å². The number of ether oxygens (including phenoxy) is 1. The third-order valence-corrected chi connectivity index (χ3v) is 8.26. The molecule has 2 heterocycles. The lowest BCUT2D eigenvalue weighted by Crippen LogP contribution is -2.48. The zero-order valence-corrected chi connectivity index (χ0v) is 21.3. The van der Waals surface area contributed by atoms with Crippen LogP contribution < -0.4 is 9.46 Å². The molecule has 0 atom stereocenters. The van der Waals surface area contributed by atoms with Gasteiger partial charge in [0.25, 0.3) is 15.9 Å². The van der Waals surface area contributed by atoms with Crippen molar-refractivity contribution in [2.24, 2.45) is 0 Å². The van der Waals surface area contributed by atoms with E-state index in [-0.39, 0.29) is 15.9 Å². The van der Waals surface area contributed by atoms with Crippen LogP contribution in [0.4, 0.5) is 5.13 Å². The average Bonchev–Trinajstić information content (AvgIpc) is 3.23. The molecule has 0 radical (unpaired) electrons. The fourth-order valence-electron chi connectivity index (χ4n) is 3.75. The van der Waals surface area contributed by atoms with Crippen LogP contribution >= 0.6 is 11.3 Å². The van der Waals surface area contributed by atoms with Gasteiger partial charge in [0.05, 0.1) is 17.7 Å². The highest BCUT2D eigenvalue weighted by molar-refractivity contribution is 7.93. The number of rotatable bonds is 8. The summed E-state index contributed by atoms with van der Waals surface area (Å²) in [6.07, 6.45) is 4.24. The van der Waals surface area contributed by atoms with Gasteiger partial charge in [-0.3, -0.25) is 14.4 Å². The molecule has 0 bridgehead atoms. The number of carbonyl (C=O) groups excluding carboxylic acids is 1. The van der Waals surface area contributed by atoms with E-state index in [9.17, 15) is 13.2 Å². The summed E-state index contributed by atoms with van der Waals surface area (Å²) in [5.74, 6) is 0.448. The average molecular weight is 513 g/mol. The molecule has 0 spiro atoms. The fraction of sp³-hybridized carbons (Fsp3) is 0.280. The van der Waals surface area contributed by atoms with Crippen LogP contribution in [0.2, 0.25) is 0 Å². The number of benzene rings is 2. The van der Waals surface area contributed by atoms with Gasteiger partial charge in [-0.2, -0.15) is 0 Å². The number of aromatic nitrogens is 1. The Hall–Kier alpha value is -3.21. The number of nitrogens with zero attached hydrogens (tertiary/aromatic N) is 3. The molecule has 8 nitrogen and oxygen atoms in total. The van der Waals surface area contributed by atoms with Crippen molar-refractivity contribution in [3.63, 3.8) is 0 Å². The lowest BCUT2D eigenvalue weighted by molar-refractivity contribution is 0.0654. The highest BCUT2D eigenvalue weighted by atomic mass is 32.2. The number of methoxy groups -OCH3 is 1. The predicted molar refractivity (Wildman–Crippen MR) is 138 cm³/mol. The summed E-state index contributed by atoms with van der Waals surface area (Å²) in [5, 5.41) is 0.173. The van der Waals surface area contributed by atoms with Crippen LogP contribution in [-0.2, 0) is 10.0 Å². The van der Waals surface area contributed by atoms with Gasteiger partial charge in [-0.1, -0.05) is 53.8 Å². The van der Waals surface area contributed by atoms with Crippen LogP contribution in [-0.4, -0.2) is 68.9 Å². The van der Waals surface area contributed by atoms with E-state index in [2.05, 4.69) is 38.9 Å². The maximum absolute atomic E-state index is 13.1. The minimum atomic E-state index is -3.82. The topological polar surface area (TPSA) is 91.8 Å². The third-order valence-electron chi connectivity index (χ3n) is 5.72. The molecule has 3 aromatic rings. The molecule has 1 aromatic heterocycles. The van der Waals surface area contributed by atoms with Crippen molar-refractivity contribution in [2.75, 3.05) is 44.6 Å². The summed E-state index contributed by atoms with van der Waals surface area (Å²) in [5.41, 5.74) is 1.68. The molecule has 1 aliphatic heterocycles. The van der Waals surface area contributed by atoms with E-state index in [1.54, 1.807) is 24.0 Å². The minimum absolute atomic E-state index is 0.0939. The molecule has 0 unspecified atom stereocenters. The molecule has 0 aliphatic carbocycles. The second-order valence-corrected chi connectivity index (χ2v) is 10.8. The Bertz CT molecular complexity index is 1280. The van der Waals surface area contributed by atoms with Crippen LogP contribution in [0.15, 0.2) is 65.6 Å². The van der Waals surface area contributed by atoms with E-state index in [1.807, 2.05) is 18.2 Å². The predicted octanol–water partition coefficient (Wildman–Crippen LogP) is 3.73. The van der Waals surface area contributed by atoms with Crippen LogP contribution in [0.5, 0.6) is 5.75 Å². The third kappa shape index (κ3) is 6.27. The smallest absolute Gasteiger partial charge is 0.266 e. The number of anilines is 1. The minimum Gasteiger partial charge on any atom is -0.497 e. The van der Waals surface area contributed by atoms with E-state index in [0.29, 0.717) is 29.4 Å². The molecule has 1 saturated heterocycles. The fourth-order valence-corrected chi connectivity index (χ4v) is 5.92. The van der Waals surface area contributed by atoms with Crippen molar-refractivity contribution in [3.05, 3.63) is 76.8 Å². The first-order valence-corrected chi connectivity index (χ1v) is 13.5. The van der Waals surface area contributed by atoms with E-state index >= 15 is 0 Å². The molecule has 1 fully saturated rings. The number of aryl methyl sites for hydroxylation is 1. The number of piperazine rings is 1. The van der Waals surface area contributed by atoms with Crippen molar-refractivity contribution in [1.29, 1.82) is 0 Å². The van der Waals surface area contributed by atoms with Gasteiger partial charge in [-0.15, -0.1) is 0 Å². The number of amides is 1. The first kappa shape index (κ1) is 24.9. The van der Waals surface area contributed by atoms with Crippen LogP contribution in [0, 0.1) is 6.92 Å². The van der Waals surface area contributed by atoms with E-state index < -0.39 is 10.0 Å². The number of carbonyl (C=O) groups is 1. The summed E-state index contributed by atoms with van der Waals surface area (Å²) in [4.78, 5) is 22.1. The Balaban J connectivity index is 1.34. The number of sulfonamides is 1. The second kappa shape index (κ2) is 11.0. The molecule has 0 saturated carbocycles. The number of hydrogen-bond acceptors (Lipinski definition) is 7. The van der Waals surface area contributed by atoms with Gasteiger partial charge in [-0.05, 0) is 36.8 Å². The molecule has 1 amide bonds. The first-order valence-electron chi connectivity index (χ1n) is 11.2. The van der Waals surface area contributed by atoms with Crippen molar-refractivity contribution in [2.45, 2.75) is 11.8 Å². The quantitative estimate of drug-likeness (QED) is 0.495. The molecule has 184 valence electrons. The summed E-state index contributed by atoms with van der Waals surface area (Å²) in [6, 6.07) is 16.2. The van der Waals surface area contributed by atoms with E-state index in [1.165, 1.54) is 24.8 Å². The number of thiazole rings is 1. The zero-order valence-electron chi connectivity index (χ0n) is 19.7. The highest BCUT2D eigenvalue weighted by Gasteiger charge is 2.26. The highest BCUT2D eigenvalue weighted by Crippen LogP contribution is 2.27. The monoisotopic (exact) mass is 512 g/mol. The molecule has 35 heavy (non-hydrogen) atoms. The van der Waals surface area contributed by atoms with Gasteiger partial charge in [0.15, 0.2) is 5.13 Å². The largest absolute Gasteiger partial charge is 0.497 e. The molecule has 2 aromatic carbocycles. The van der Waals surface area contributed by atoms with E-state index in [0.717, 1.165) is 31.0 Å². The lowest BCUT2D eigenvalue weighted by Gasteiger charge is -2.34. The first-order chi connectivity index (χ1) is 16.9. The Morgan fingerprint density at radius 3 is 2.43 bits per heavy atom. The van der Waals surface area contributed by atoms with Gasteiger partial charge in [0.2, 0.25) is 0 Å². The SMILES string of the molecule is COc1ccc(S(=O)(=O)Nc2nc(C)c(C(=O)N3CCN(C/C=C/c4ccccc4)CC3)s2)cc1. The zero-order chi connectivity index (χ0) is 24.8. The molecule has 10 heteroatoms. The Labute approximate surface area is 209 Å². The maximum atomic E-state index is 13.1. The molecule has 4 rings (SSSR count). The van der Waals surface area contributed by atoms with Crippen molar-refractivity contribution in [1.82, 2.24) is 14.8 Å². The van der Waals surface area contributed by atoms with Crippen molar-refractivity contribution in [3.8, 4) is 5.75 Å². The summed E-state index contributed by atoms with van der Waals surface area (Å²) in [6.45, 7) is 5.33. The molecular formula is C25H28N4O4S2. The van der Waals surface area contributed by atoms with Crippen LogP contribution in [0.1, 0.15) is 20.9 Å². The molecule has 1 aliphatic rings. The van der Waals surface area contributed by atoms with Crippen LogP contribution in [0.3, 0.4) is 0 Å². The van der Waals surface area contributed by atoms with Crippen LogP contribution in [0.25, 0.3) is 6.08 Å². The Kier molecular flexibility index (Phi) is 7.84. The lowest BCUT2D eigenvalue weighted by atomic mass is 10.2. The van der Waals surface area contributed by atoms with Crippen molar-refractivity contribution < 1.29 is 17.9 Å². The van der Waals surface area contributed by atoms with Gasteiger partial charge < -0.3 is 9.64 Å². The molecule has 1 N–H and O–H groups in total. The van der Waals surface area contributed by atoms with Gasteiger partial charge in [0.1, 0.15) is 10.6 Å². The summed E-state index contributed by atoms with van der Waals surface area (Å²) in [7, 11) is -2.31. The van der Waals surface area contributed by atoms with Gasteiger partial charge >= 0.3 is 0 Å². The Morgan fingerprint density at radius 2 is 1.77 bits per heavy atom. The Morgan fingerprint density at radius 1 is 1.09 bits per heavy atom. The standard InChI is InChI=1S/C25H28N4O4S2/c1-19-23(34-25(26-19)27-35(31,32)22-12-10-21(33-2)11-13-22)24(30)29-17-15-28(16-18-29)14-6-9-20-7-4-3-5-8-20/h3-13H,14-18H2,1-2H3,(H,26,27)/b9-6+. The summed E-state index contributed by atoms with van der Waals surface area (Å²) >= 11 is 1.06. The second-order valence-electron chi connectivity index (χ2n) is 8.12. The van der Waals surface area contributed by atoms with Crippen molar-refractivity contribution >= 4 is 38.5 Å². The summed E-state index contributed by atoms with van der Waals surface area (Å²) < 4.78 is 33.0. The normalized spacial score (nSPS) is 14.9. The van der Waals surface area contributed by atoms with Gasteiger partial charge in [0, 0.05) is 32.7 Å². The number of nitrogens with one attached hydrogen (secondary N) is 1.